The topological polar surface area (TPSA) is 13.1 Å². The molecular weight excluding hydrogens is 595 g/mol. The first-order valence-corrected chi connectivity index (χ1v) is 17.2. The van der Waals surface area contributed by atoms with E-state index >= 15 is 0 Å². The fraction of sp³-hybridized carbons (Fsp3) is 0.0870. The maximum absolute atomic E-state index is 2.50. The maximum Gasteiger partial charge on any atom is 0.0541 e. The number of benzene rings is 6. The highest BCUT2D eigenvalue weighted by Gasteiger charge is 2.36. The Morgan fingerprint density at radius 2 is 0.980 bits per heavy atom. The molecule has 8 aromatic rings. The first kappa shape index (κ1) is 28.0. The van der Waals surface area contributed by atoms with Gasteiger partial charge in [-0.2, -0.15) is 0 Å². The molecule has 0 saturated carbocycles. The van der Waals surface area contributed by atoms with Crippen LogP contribution in [0.2, 0.25) is 0 Å². The molecule has 0 radical (unpaired) electrons. The molecule has 0 N–H and O–H groups in total. The number of para-hydroxylation sites is 5. The van der Waals surface area contributed by atoms with E-state index in [-0.39, 0.29) is 5.41 Å². The van der Waals surface area contributed by atoms with Crippen LogP contribution in [0.15, 0.2) is 158 Å². The molecule has 0 atom stereocenters. The van der Waals surface area contributed by atoms with Gasteiger partial charge in [0.15, 0.2) is 0 Å². The lowest BCUT2D eigenvalue weighted by molar-refractivity contribution is 0.632. The Bertz CT molecular complexity index is 2570. The van der Waals surface area contributed by atoms with E-state index in [2.05, 4.69) is 192 Å². The predicted octanol–water partition coefficient (Wildman–Crippen LogP) is 12.0. The van der Waals surface area contributed by atoms with Crippen molar-refractivity contribution in [3.63, 3.8) is 0 Å². The van der Waals surface area contributed by atoms with E-state index in [0.29, 0.717) is 0 Å². The number of hydrogen-bond acceptors (Lipinski definition) is 1. The standard InChI is InChI=1S/C46H35N3/c1-46(2)38-20-9-14-26-44(38)49(45-27-15-10-21-39(45)46)33-29-31(47-40-22-5-3-4-16-34(40)35-17-6-11-23-41(35)47)28-32(30-33)48-42-24-12-7-18-36(42)37-19-8-13-25-43(37)48/h3-21,23-30H,22H2,1-2H3. The first-order chi connectivity index (χ1) is 24.1. The van der Waals surface area contributed by atoms with Crippen molar-refractivity contribution in [2.24, 2.45) is 0 Å². The summed E-state index contributed by atoms with van der Waals surface area (Å²) in [7, 11) is 0. The average Bonchev–Trinajstić information content (AvgIpc) is 3.52. The van der Waals surface area contributed by atoms with Crippen molar-refractivity contribution < 1.29 is 0 Å². The van der Waals surface area contributed by atoms with Crippen LogP contribution < -0.4 is 4.90 Å². The van der Waals surface area contributed by atoms with Crippen molar-refractivity contribution in [2.75, 3.05) is 4.90 Å². The van der Waals surface area contributed by atoms with E-state index in [1.54, 1.807) is 0 Å². The summed E-state index contributed by atoms with van der Waals surface area (Å²) in [5.74, 6) is 0. The Hall–Kier alpha value is -6.06. The van der Waals surface area contributed by atoms with Gasteiger partial charge in [0.2, 0.25) is 0 Å². The van der Waals surface area contributed by atoms with Crippen molar-refractivity contribution in [1.29, 1.82) is 0 Å². The largest absolute Gasteiger partial charge is 0.313 e. The first-order valence-electron chi connectivity index (χ1n) is 17.2. The Labute approximate surface area is 286 Å². The van der Waals surface area contributed by atoms with Gasteiger partial charge in [0.1, 0.15) is 0 Å². The van der Waals surface area contributed by atoms with Gasteiger partial charge in [-0.3, -0.25) is 0 Å². The minimum Gasteiger partial charge on any atom is -0.313 e. The van der Waals surface area contributed by atoms with Gasteiger partial charge in [0.05, 0.1) is 45.0 Å². The number of aromatic nitrogens is 2. The Morgan fingerprint density at radius 1 is 0.490 bits per heavy atom. The molecular formula is C46H35N3. The number of nitrogens with zero attached hydrogens (tertiary/aromatic N) is 3. The molecule has 0 spiro atoms. The fourth-order valence-corrected chi connectivity index (χ4v) is 8.52. The van der Waals surface area contributed by atoms with Gasteiger partial charge in [-0.1, -0.05) is 129 Å². The molecule has 6 aromatic carbocycles. The quantitative estimate of drug-likeness (QED) is 0.189. The number of hydrogen-bond donors (Lipinski definition) is 0. The molecule has 3 nitrogen and oxygen atoms in total. The smallest absolute Gasteiger partial charge is 0.0541 e. The van der Waals surface area contributed by atoms with E-state index in [0.717, 1.165) is 23.5 Å². The Balaban J connectivity index is 1.34. The van der Waals surface area contributed by atoms with Crippen LogP contribution in [0.4, 0.5) is 17.1 Å². The molecule has 0 unspecified atom stereocenters. The highest BCUT2D eigenvalue weighted by atomic mass is 15.2. The van der Waals surface area contributed by atoms with Gasteiger partial charge >= 0.3 is 0 Å². The molecule has 234 valence electrons. The molecule has 3 heterocycles. The van der Waals surface area contributed by atoms with Crippen LogP contribution in [0, 0.1) is 0 Å². The van der Waals surface area contributed by atoms with Gasteiger partial charge in [-0.05, 0) is 59.7 Å². The lowest BCUT2D eigenvalue weighted by Gasteiger charge is -2.42. The third-order valence-corrected chi connectivity index (χ3v) is 10.7. The molecule has 1 aliphatic heterocycles. The van der Waals surface area contributed by atoms with Crippen LogP contribution in [0.5, 0.6) is 0 Å². The molecule has 0 amide bonds. The van der Waals surface area contributed by atoms with E-state index in [9.17, 15) is 0 Å². The minimum absolute atomic E-state index is 0.135. The molecule has 10 rings (SSSR count). The Morgan fingerprint density at radius 3 is 1.61 bits per heavy atom. The fourth-order valence-electron chi connectivity index (χ4n) is 8.52. The molecule has 0 bridgehead atoms. The lowest BCUT2D eigenvalue weighted by Crippen LogP contribution is -2.30. The van der Waals surface area contributed by atoms with Crippen LogP contribution in [-0.4, -0.2) is 9.13 Å². The highest BCUT2D eigenvalue weighted by molar-refractivity contribution is 6.09. The van der Waals surface area contributed by atoms with Gasteiger partial charge in [0, 0.05) is 39.3 Å². The molecule has 2 aliphatic rings. The van der Waals surface area contributed by atoms with Crippen molar-refractivity contribution in [3.8, 4) is 11.4 Å². The third-order valence-electron chi connectivity index (χ3n) is 10.7. The molecule has 1 aliphatic carbocycles. The van der Waals surface area contributed by atoms with Crippen molar-refractivity contribution in [2.45, 2.75) is 25.7 Å². The summed E-state index contributed by atoms with van der Waals surface area (Å²) in [6.07, 6.45) is 9.74. The van der Waals surface area contributed by atoms with Crippen LogP contribution in [-0.2, 0) is 11.8 Å². The number of fused-ring (bicyclic) bond motifs is 8. The SMILES string of the molecule is CC1(C)c2ccccc2N(c2cc(-n3c4c(c5ccccc53)C=CC=CC4)cc(-n3c4ccccc4c4ccccc43)c2)c2ccccc21. The van der Waals surface area contributed by atoms with Crippen LogP contribution >= 0.6 is 0 Å². The summed E-state index contributed by atoms with van der Waals surface area (Å²) in [4.78, 5) is 2.49. The average molecular weight is 630 g/mol. The van der Waals surface area contributed by atoms with Crippen LogP contribution in [0.25, 0.3) is 50.2 Å². The van der Waals surface area contributed by atoms with E-state index in [1.807, 2.05) is 0 Å². The number of rotatable bonds is 3. The second kappa shape index (κ2) is 10.5. The van der Waals surface area contributed by atoms with Gasteiger partial charge in [-0.25, -0.2) is 0 Å². The van der Waals surface area contributed by atoms with Crippen molar-refractivity contribution in [3.05, 3.63) is 180 Å². The number of allylic oxidation sites excluding steroid dienone is 3. The maximum atomic E-state index is 2.50. The predicted molar refractivity (Wildman–Crippen MR) is 206 cm³/mol. The molecule has 3 heteroatoms. The van der Waals surface area contributed by atoms with Crippen molar-refractivity contribution >= 4 is 55.8 Å². The van der Waals surface area contributed by atoms with Gasteiger partial charge in [-0.15, -0.1) is 0 Å². The normalized spacial score (nSPS) is 14.6. The highest BCUT2D eigenvalue weighted by Crippen LogP contribution is 2.52. The lowest BCUT2D eigenvalue weighted by atomic mass is 9.73. The molecule has 2 aromatic heterocycles. The van der Waals surface area contributed by atoms with E-state index in [1.165, 1.54) is 66.5 Å². The summed E-state index contributed by atoms with van der Waals surface area (Å²) in [6.45, 7) is 4.70. The van der Waals surface area contributed by atoms with Crippen molar-refractivity contribution in [1.82, 2.24) is 9.13 Å². The summed E-state index contributed by atoms with van der Waals surface area (Å²) in [6, 6.07) is 51.5. The summed E-state index contributed by atoms with van der Waals surface area (Å²) < 4.78 is 4.95. The van der Waals surface area contributed by atoms with Crippen LogP contribution in [0.1, 0.15) is 36.2 Å². The molecule has 0 fully saturated rings. The number of anilines is 3. The monoisotopic (exact) mass is 629 g/mol. The zero-order chi connectivity index (χ0) is 32.7. The summed E-state index contributed by atoms with van der Waals surface area (Å²) >= 11 is 0. The third kappa shape index (κ3) is 4.02. The zero-order valence-electron chi connectivity index (χ0n) is 27.6. The zero-order valence-corrected chi connectivity index (χ0v) is 27.6. The second-order valence-corrected chi connectivity index (χ2v) is 13.8. The summed E-state index contributed by atoms with van der Waals surface area (Å²) in [5.41, 5.74) is 14.6. The second-order valence-electron chi connectivity index (χ2n) is 13.8. The van der Waals surface area contributed by atoms with Crippen LogP contribution in [0.3, 0.4) is 0 Å². The minimum atomic E-state index is -0.135. The van der Waals surface area contributed by atoms with E-state index in [4.69, 9.17) is 0 Å². The van der Waals surface area contributed by atoms with E-state index < -0.39 is 0 Å². The summed E-state index contributed by atoms with van der Waals surface area (Å²) in [5, 5.41) is 3.80. The molecule has 0 saturated heterocycles. The van der Waals surface area contributed by atoms with Gasteiger partial charge < -0.3 is 14.0 Å². The molecule has 49 heavy (non-hydrogen) atoms. The van der Waals surface area contributed by atoms with Gasteiger partial charge in [0.25, 0.3) is 0 Å². The Kier molecular flexibility index (Phi) is 5.98.